The number of nitrogens with zero attached hydrogens (tertiary/aromatic N) is 2. The number of aryl methyl sites for hydroxylation is 2. The van der Waals surface area contributed by atoms with Gasteiger partial charge >= 0.3 is 6.18 Å². The van der Waals surface area contributed by atoms with Gasteiger partial charge in [-0.15, -0.1) is 0 Å². The molecule has 1 N–H and O–H groups in total. The number of hydrogen-bond donors (Lipinski definition) is 1. The van der Waals surface area contributed by atoms with Crippen molar-refractivity contribution in [2.45, 2.75) is 40.4 Å². The third-order valence-electron chi connectivity index (χ3n) is 3.04. The maximum Gasteiger partial charge on any atom is 0.408 e. The Morgan fingerprint density at radius 1 is 1.16 bits per heavy atom. The summed E-state index contributed by atoms with van der Waals surface area (Å²) in [5.74, 6) is -0.396. The van der Waals surface area contributed by atoms with Gasteiger partial charge in [0.2, 0.25) is 0 Å². The molecule has 0 saturated carbocycles. The topological polar surface area (TPSA) is 55.1 Å². The largest absolute Gasteiger partial charge is 0.505 e. The molecule has 25 heavy (non-hydrogen) atoms. The average molecular weight is 432 g/mol. The van der Waals surface area contributed by atoms with Crippen molar-refractivity contribution in [2.24, 2.45) is 0 Å². The van der Waals surface area contributed by atoms with E-state index in [4.69, 9.17) is 0 Å². The molecule has 0 amide bonds. The van der Waals surface area contributed by atoms with Crippen LogP contribution >= 0.6 is 0 Å². The van der Waals surface area contributed by atoms with Gasteiger partial charge in [-0.3, -0.25) is 4.79 Å². The predicted molar refractivity (Wildman–Crippen MR) is 88.9 cm³/mol. The van der Waals surface area contributed by atoms with Crippen molar-refractivity contribution in [3.63, 3.8) is 0 Å². The fraction of sp³-hybridized carbons (Fsp3) is 0.353. The smallest absolute Gasteiger partial charge is 0.408 e. The van der Waals surface area contributed by atoms with E-state index in [2.05, 4.69) is 5.10 Å². The molecule has 0 saturated heterocycles. The zero-order valence-electron chi connectivity index (χ0n) is 15.0. The van der Waals surface area contributed by atoms with E-state index in [0.717, 1.165) is 0 Å². The average Bonchev–Trinajstić information content (AvgIpc) is 2.47. The summed E-state index contributed by atoms with van der Waals surface area (Å²) in [5, 5.41) is 13.5. The molecular formula is C17H22F3N2O2Y-. The van der Waals surface area contributed by atoms with Crippen molar-refractivity contribution >= 4 is 0 Å². The van der Waals surface area contributed by atoms with Crippen molar-refractivity contribution in [2.75, 3.05) is 0 Å². The van der Waals surface area contributed by atoms with Crippen molar-refractivity contribution in [3.05, 3.63) is 53.3 Å². The molecule has 0 aliphatic rings. The fourth-order valence-corrected chi connectivity index (χ4v) is 2.06. The third kappa shape index (κ3) is 6.55. The van der Waals surface area contributed by atoms with Crippen molar-refractivity contribution in [3.8, 4) is 16.9 Å². The maximum absolute atomic E-state index is 12.5. The van der Waals surface area contributed by atoms with Gasteiger partial charge in [-0.1, -0.05) is 38.1 Å². The SMILES string of the molecule is CC.Cc1ccccc1-c1c(O)c(C)nn(CC(F)(F)F)c1=O.[CH3-].[Y]. The van der Waals surface area contributed by atoms with Crippen LogP contribution in [-0.2, 0) is 39.3 Å². The van der Waals surface area contributed by atoms with Gasteiger partial charge in [0.1, 0.15) is 12.2 Å². The van der Waals surface area contributed by atoms with Gasteiger partial charge in [-0.2, -0.15) is 18.3 Å². The summed E-state index contributed by atoms with van der Waals surface area (Å²) in [6, 6.07) is 6.66. The van der Waals surface area contributed by atoms with Crippen LogP contribution < -0.4 is 5.56 Å². The summed E-state index contributed by atoms with van der Waals surface area (Å²) < 4.78 is 37.8. The van der Waals surface area contributed by atoms with Crippen LogP contribution in [0.15, 0.2) is 29.1 Å². The molecular weight excluding hydrogens is 410 g/mol. The third-order valence-corrected chi connectivity index (χ3v) is 3.04. The second-order valence-corrected chi connectivity index (χ2v) is 4.70. The monoisotopic (exact) mass is 432 g/mol. The van der Waals surface area contributed by atoms with Crippen molar-refractivity contribution in [1.82, 2.24) is 9.78 Å². The molecule has 2 aromatic rings. The van der Waals surface area contributed by atoms with Crippen LogP contribution in [0.1, 0.15) is 25.1 Å². The number of aromatic hydroxyl groups is 1. The van der Waals surface area contributed by atoms with E-state index < -0.39 is 24.0 Å². The minimum Gasteiger partial charge on any atom is -0.505 e. The number of aromatic nitrogens is 2. The maximum atomic E-state index is 12.5. The van der Waals surface area contributed by atoms with Gasteiger partial charge in [0.15, 0.2) is 5.75 Å². The Kier molecular flexibility index (Phi) is 11.2. The Labute approximate surface area is 171 Å². The Hall–Kier alpha value is -1.21. The molecule has 8 heteroatoms. The number of benzene rings is 1. The quantitative estimate of drug-likeness (QED) is 0.722. The minimum absolute atomic E-state index is 0. The molecule has 2 rings (SSSR count). The summed E-state index contributed by atoms with van der Waals surface area (Å²) in [6.45, 7) is 5.56. The first-order valence-electron chi connectivity index (χ1n) is 7.14. The van der Waals surface area contributed by atoms with E-state index in [-0.39, 0.29) is 51.4 Å². The fourth-order valence-electron chi connectivity index (χ4n) is 2.06. The van der Waals surface area contributed by atoms with Crippen LogP contribution in [0.25, 0.3) is 11.1 Å². The molecule has 0 aliphatic carbocycles. The number of halogens is 3. The van der Waals surface area contributed by atoms with E-state index in [1.54, 1.807) is 31.2 Å². The molecule has 0 bridgehead atoms. The molecule has 0 fully saturated rings. The molecule has 1 radical (unpaired) electrons. The molecule has 0 aliphatic heterocycles. The zero-order valence-corrected chi connectivity index (χ0v) is 17.8. The Morgan fingerprint density at radius 3 is 2.16 bits per heavy atom. The standard InChI is InChI=1S/C14H13F3N2O2.C2H6.CH3.Y/c1-8-5-3-4-6-10(8)11-12(20)9(2)18-19(13(11)21)7-14(15,16)17;1-2;;/h3-6,20H,7H2,1-2H3;1-2H3;1H3;/q;;-1;. The molecule has 0 spiro atoms. The van der Waals surface area contributed by atoms with Gasteiger partial charge in [-0.05, 0) is 25.0 Å². The Morgan fingerprint density at radius 2 is 1.68 bits per heavy atom. The number of rotatable bonds is 2. The van der Waals surface area contributed by atoms with Crippen LogP contribution in [-0.4, -0.2) is 21.1 Å². The van der Waals surface area contributed by atoms with Gasteiger partial charge < -0.3 is 12.5 Å². The van der Waals surface area contributed by atoms with Crippen molar-refractivity contribution < 1.29 is 51.0 Å². The summed E-state index contributed by atoms with van der Waals surface area (Å²) in [5.41, 5.74) is -0.0952. The molecule has 1 aromatic carbocycles. The van der Waals surface area contributed by atoms with E-state index in [0.29, 0.717) is 15.8 Å². The van der Waals surface area contributed by atoms with E-state index >= 15 is 0 Å². The molecule has 4 nitrogen and oxygen atoms in total. The zero-order chi connectivity index (χ0) is 17.8. The number of alkyl halides is 3. The van der Waals surface area contributed by atoms with E-state index in [1.165, 1.54) is 6.92 Å². The summed E-state index contributed by atoms with van der Waals surface area (Å²) in [7, 11) is 0. The summed E-state index contributed by atoms with van der Waals surface area (Å²) in [6.07, 6.45) is -4.57. The Bertz CT molecular complexity index is 744. The molecule has 0 unspecified atom stereocenters. The minimum atomic E-state index is -4.57. The number of hydrogen-bond acceptors (Lipinski definition) is 3. The summed E-state index contributed by atoms with van der Waals surface area (Å²) >= 11 is 0. The van der Waals surface area contributed by atoms with E-state index in [1.807, 2.05) is 13.8 Å². The normalized spacial score (nSPS) is 10.0. The van der Waals surface area contributed by atoms with Crippen LogP contribution in [0.2, 0.25) is 0 Å². The van der Waals surface area contributed by atoms with Crippen LogP contribution in [0.3, 0.4) is 0 Å². The molecule has 137 valence electrons. The van der Waals surface area contributed by atoms with Gasteiger partial charge in [0, 0.05) is 32.7 Å². The first kappa shape index (κ1) is 26.0. The first-order valence-corrected chi connectivity index (χ1v) is 7.14. The molecule has 1 aromatic heterocycles. The second kappa shape index (κ2) is 10.7. The van der Waals surface area contributed by atoms with Gasteiger partial charge in [-0.25, -0.2) is 4.68 Å². The second-order valence-electron chi connectivity index (χ2n) is 4.70. The van der Waals surface area contributed by atoms with Crippen molar-refractivity contribution in [1.29, 1.82) is 0 Å². The van der Waals surface area contributed by atoms with Crippen LogP contribution in [0.4, 0.5) is 13.2 Å². The van der Waals surface area contributed by atoms with Crippen LogP contribution in [0, 0.1) is 21.3 Å². The van der Waals surface area contributed by atoms with Crippen LogP contribution in [0.5, 0.6) is 5.75 Å². The first-order chi connectivity index (χ1) is 10.7. The predicted octanol–water partition coefficient (Wildman–Crippen LogP) is 4.27. The van der Waals surface area contributed by atoms with Gasteiger partial charge in [0.05, 0.1) is 5.56 Å². The molecule has 1 heterocycles. The summed E-state index contributed by atoms with van der Waals surface area (Å²) in [4.78, 5) is 12.2. The molecule has 0 atom stereocenters. The van der Waals surface area contributed by atoms with Gasteiger partial charge in [0.25, 0.3) is 5.56 Å². The Balaban J connectivity index is 0. The van der Waals surface area contributed by atoms with E-state index in [9.17, 15) is 23.1 Å².